The van der Waals surface area contributed by atoms with Crippen molar-refractivity contribution in [1.82, 2.24) is 5.43 Å². The fraction of sp³-hybridized carbons (Fsp3) is 0.100. The highest BCUT2D eigenvalue weighted by molar-refractivity contribution is 7.94. The molecule has 0 atom stereocenters. The molecule has 0 aliphatic carbocycles. The van der Waals surface area contributed by atoms with Gasteiger partial charge in [-0.1, -0.05) is 35.9 Å². The van der Waals surface area contributed by atoms with Crippen molar-refractivity contribution in [3.05, 3.63) is 82.7 Å². The van der Waals surface area contributed by atoms with Crippen molar-refractivity contribution in [2.24, 2.45) is 5.10 Å². The SMILES string of the molecule is C/C(=N/NC(=O)c1ccc(NS(=O)(=O)c2cccs2)cc1)c1ccc(C)cc1. The number of amides is 1. The van der Waals surface area contributed by atoms with E-state index in [-0.39, 0.29) is 10.1 Å². The summed E-state index contributed by atoms with van der Waals surface area (Å²) >= 11 is 1.14. The standard InChI is InChI=1S/C20H19N3O3S2/c1-14-5-7-16(8-6-14)15(2)21-22-20(24)17-9-11-18(12-10-17)23-28(25,26)19-4-3-13-27-19/h3-13,23H,1-2H3,(H,22,24)/b21-15-. The normalized spacial score (nSPS) is 11.9. The van der Waals surface area contributed by atoms with Gasteiger partial charge in [-0.2, -0.15) is 5.10 Å². The fourth-order valence-corrected chi connectivity index (χ4v) is 4.42. The molecule has 0 fully saturated rings. The maximum Gasteiger partial charge on any atom is 0.271 e. The lowest BCUT2D eigenvalue weighted by Crippen LogP contribution is -2.19. The summed E-state index contributed by atoms with van der Waals surface area (Å²) in [4.78, 5) is 12.3. The van der Waals surface area contributed by atoms with Crippen molar-refractivity contribution in [3.63, 3.8) is 0 Å². The first-order valence-corrected chi connectivity index (χ1v) is 10.8. The molecule has 1 amide bonds. The highest BCUT2D eigenvalue weighted by Gasteiger charge is 2.15. The van der Waals surface area contributed by atoms with E-state index in [1.807, 2.05) is 38.1 Å². The number of nitrogens with zero attached hydrogens (tertiary/aromatic N) is 1. The molecule has 2 aromatic carbocycles. The Labute approximate surface area is 168 Å². The van der Waals surface area contributed by atoms with Crippen LogP contribution in [0.15, 0.2) is 75.4 Å². The Kier molecular flexibility index (Phi) is 5.91. The summed E-state index contributed by atoms with van der Waals surface area (Å²) in [7, 11) is -3.61. The van der Waals surface area contributed by atoms with Crippen LogP contribution in [0, 0.1) is 6.92 Å². The third-order valence-corrected chi connectivity index (χ3v) is 6.73. The number of hydrogen-bond donors (Lipinski definition) is 2. The number of benzene rings is 2. The average molecular weight is 414 g/mol. The summed E-state index contributed by atoms with van der Waals surface area (Å²) in [6.45, 7) is 3.82. The molecule has 3 aromatic rings. The summed E-state index contributed by atoms with van der Waals surface area (Å²) in [6, 6.07) is 17.2. The number of aryl methyl sites for hydroxylation is 1. The molecular formula is C20H19N3O3S2. The highest BCUT2D eigenvalue weighted by Crippen LogP contribution is 2.20. The van der Waals surface area contributed by atoms with Gasteiger partial charge in [0.2, 0.25) is 0 Å². The van der Waals surface area contributed by atoms with Gasteiger partial charge in [-0.05, 0) is 55.1 Å². The monoisotopic (exact) mass is 413 g/mol. The molecule has 0 saturated carbocycles. The number of nitrogens with one attached hydrogen (secondary N) is 2. The maximum absolute atomic E-state index is 12.3. The van der Waals surface area contributed by atoms with Gasteiger partial charge in [-0.15, -0.1) is 11.3 Å². The average Bonchev–Trinajstić information content (AvgIpc) is 3.22. The number of hydrogen-bond acceptors (Lipinski definition) is 5. The zero-order valence-corrected chi connectivity index (χ0v) is 17.0. The number of anilines is 1. The smallest absolute Gasteiger partial charge is 0.271 e. The van der Waals surface area contributed by atoms with Crippen LogP contribution in [0.4, 0.5) is 5.69 Å². The fourth-order valence-electron chi connectivity index (χ4n) is 2.37. The van der Waals surface area contributed by atoms with Gasteiger partial charge in [-0.25, -0.2) is 13.8 Å². The van der Waals surface area contributed by atoms with Crippen molar-refractivity contribution in [2.75, 3.05) is 4.72 Å². The molecule has 1 aromatic heterocycles. The third kappa shape index (κ3) is 4.85. The molecule has 2 N–H and O–H groups in total. The molecule has 6 nitrogen and oxygen atoms in total. The lowest BCUT2D eigenvalue weighted by atomic mass is 10.1. The molecule has 1 heterocycles. The molecule has 144 valence electrons. The van der Waals surface area contributed by atoms with Crippen LogP contribution in [0.3, 0.4) is 0 Å². The number of sulfonamides is 1. The predicted octanol–water partition coefficient (Wildman–Crippen LogP) is 4.01. The van der Waals surface area contributed by atoms with Crippen molar-refractivity contribution in [3.8, 4) is 0 Å². The Morgan fingerprint density at radius 2 is 1.61 bits per heavy atom. The topological polar surface area (TPSA) is 87.6 Å². The second-order valence-corrected chi connectivity index (χ2v) is 8.98. The van der Waals surface area contributed by atoms with Crippen LogP contribution < -0.4 is 10.1 Å². The minimum Gasteiger partial charge on any atom is -0.279 e. The van der Waals surface area contributed by atoms with E-state index in [9.17, 15) is 13.2 Å². The van der Waals surface area contributed by atoms with Crippen LogP contribution in [0.2, 0.25) is 0 Å². The summed E-state index contributed by atoms with van der Waals surface area (Å²) in [5.74, 6) is -0.376. The van der Waals surface area contributed by atoms with E-state index in [4.69, 9.17) is 0 Å². The number of carbonyl (C=O) groups is 1. The summed E-state index contributed by atoms with van der Waals surface area (Å²) in [5.41, 5.74) is 6.03. The maximum atomic E-state index is 12.3. The quantitative estimate of drug-likeness (QED) is 0.473. The summed E-state index contributed by atoms with van der Waals surface area (Å²) in [5, 5.41) is 5.82. The van der Waals surface area contributed by atoms with Crippen molar-refractivity contribution in [2.45, 2.75) is 18.1 Å². The molecule has 0 radical (unpaired) electrons. The number of carbonyl (C=O) groups excluding carboxylic acids is 1. The zero-order valence-electron chi connectivity index (χ0n) is 15.3. The predicted molar refractivity (Wildman–Crippen MR) is 112 cm³/mol. The van der Waals surface area contributed by atoms with E-state index in [0.717, 1.165) is 22.5 Å². The minimum absolute atomic E-state index is 0.232. The lowest BCUT2D eigenvalue weighted by molar-refractivity contribution is 0.0955. The van der Waals surface area contributed by atoms with Gasteiger partial charge >= 0.3 is 0 Å². The van der Waals surface area contributed by atoms with Gasteiger partial charge < -0.3 is 0 Å². The van der Waals surface area contributed by atoms with Crippen LogP contribution in [0.25, 0.3) is 0 Å². The van der Waals surface area contributed by atoms with Gasteiger partial charge in [0.05, 0.1) is 5.71 Å². The molecule has 0 aliphatic rings. The van der Waals surface area contributed by atoms with Gasteiger partial charge in [0.25, 0.3) is 15.9 Å². The summed E-state index contributed by atoms with van der Waals surface area (Å²) < 4.78 is 27.2. The minimum atomic E-state index is -3.61. The Balaban J connectivity index is 1.65. The number of rotatable bonds is 6. The molecule has 0 unspecified atom stereocenters. The van der Waals surface area contributed by atoms with Gasteiger partial charge in [-0.3, -0.25) is 9.52 Å². The number of thiophene rings is 1. The highest BCUT2D eigenvalue weighted by atomic mass is 32.2. The van der Waals surface area contributed by atoms with Gasteiger partial charge in [0.1, 0.15) is 4.21 Å². The largest absolute Gasteiger partial charge is 0.279 e. The second kappa shape index (κ2) is 8.37. The number of hydrazone groups is 1. The summed E-state index contributed by atoms with van der Waals surface area (Å²) in [6.07, 6.45) is 0. The molecule has 0 aliphatic heterocycles. The van der Waals surface area contributed by atoms with Crippen molar-refractivity contribution in [1.29, 1.82) is 0 Å². The van der Waals surface area contributed by atoms with Crippen LogP contribution in [-0.4, -0.2) is 20.0 Å². The first-order valence-electron chi connectivity index (χ1n) is 8.43. The third-order valence-electron chi connectivity index (χ3n) is 3.95. The van der Waals surface area contributed by atoms with Crippen molar-refractivity contribution >= 4 is 38.7 Å². The Morgan fingerprint density at radius 1 is 0.964 bits per heavy atom. The molecule has 8 heteroatoms. The Morgan fingerprint density at radius 3 is 2.21 bits per heavy atom. The van der Waals surface area contributed by atoms with Gasteiger partial charge in [0.15, 0.2) is 0 Å². The van der Waals surface area contributed by atoms with Gasteiger partial charge in [0, 0.05) is 11.3 Å². The van der Waals surface area contributed by atoms with Crippen LogP contribution in [0.5, 0.6) is 0 Å². The van der Waals surface area contributed by atoms with Crippen molar-refractivity contribution < 1.29 is 13.2 Å². The first-order chi connectivity index (χ1) is 13.3. The molecule has 0 saturated heterocycles. The van der Waals surface area contributed by atoms with E-state index in [1.165, 1.54) is 18.2 Å². The molecule has 0 bridgehead atoms. The first kappa shape index (κ1) is 19.8. The van der Waals surface area contributed by atoms with E-state index in [0.29, 0.717) is 17.0 Å². The van der Waals surface area contributed by atoms with Crippen LogP contribution >= 0.6 is 11.3 Å². The van der Waals surface area contributed by atoms with Crippen LogP contribution in [0.1, 0.15) is 28.4 Å². The lowest BCUT2D eigenvalue weighted by Gasteiger charge is -2.07. The molecule has 0 spiro atoms. The molecule has 3 rings (SSSR count). The second-order valence-electron chi connectivity index (χ2n) is 6.12. The van der Waals surface area contributed by atoms with E-state index >= 15 is 0 Å². The van der Waals surface area contributed by atoms with Crippen LogP contribution in [-0.2, 0) is 10.0 Å². The Hall–Kier alpha value is -2.97. The molecular weight excluding hydrogens is 394 g/mol. The molecule has 28 heavy (non-hydrogen) atoms. The van der Waals surface area contributed by atoms with E-state index in [1.54, 1.807) is 23.6 Å². The Bertz CT molecular complexity index is 1090. The zero-order chi connectivity index (χ0) is 20.1. The van der Waals surface area contributed by atoms with E-state index in [2.05, 4.69) is 15.2 Å². The van der Waals surface area contributed by atoms with E-state index < -0.39 is 10.0 Å².